The first-order chi connectivity index (χ1) is 11.4. The molecule has 24 heavy (non-hydrogen) atoms. The topological polar surface area (TPSA) is 70.2 Å². The lowest BCUT2D eigenvalue weighted by molar-refractivity contribution is 0.0934. The van der Waals surface area contributed by atoms with Crippen molar-refractivity contribution in [2.75, 3.05) is 0 Å². The van der Waals surface area contributed by atoms with Gasteiger partial charge in [0.2, 0.25) is 0 Å². The summed E-state index contributed by atoms with van der Waals surface area (Å²) in [6, 6.07) is 10.8. The molecule has 0 aliphatic heterocycles. The number of nitrogens with one attached hydrogen (secondary N) is 3. The number of halogens is 3. The predicted molar refractivity (Wildman–Crippen MR) is 98.6 cm³/mol. The van der Waals surface area contributed by atoms with E-state index in [9.17, 15) is 9.59 Å². The Hall–Kier alpha value is -1.86. The Bertz CT molecular complexity index is 814. The highest BCUT2D eigenvalue weighted by molar-refractivity contribution is 7.80. The van der Waals surface area contributed by atoms with Gasteiger partial charge in [-0.15, -0.1) is 0 Å². The van der Waals surface area contributed by atoms with Crippen LogP contribution in [0.1, 0.15) is 20.7 Å². The maximum absolute atomic E-state index is 12.0. The second kappa shape index (κ2) is 8.30. The SMILES string of the molecule is O=C(NC(=S)NNC(=O)c1ccc(Cl)cc1Cl)c1cccc(Cl)c1. The predicted octanol–water partition coefficient (Wildman–Crippen LogP) is 3.60. The van der Waals surface area contributed by atoms with Gasteiger partial charge in [-0.3, -0.25) is 25.8 Å². The van der Waals surface area contributed by atoms with Crippen molar-refractivity contribution in [1.82, 2.24) is 16.2 Å². The maximum Gasteiger partial charge on any atom is 0.271 e. The molecule has 124 valence electrons. The van der Waals surface area contributed by atoms with E-state index in [1.807, 2.05) is 0 Å². The highest BCUT2D eigenvalue weighted by atomic mass is 35.5. The Labute approximate surface area is 158 Å². The molecule has 0 aliphatic rings. The summed E-state index contributed by atoms with van der Waals surface area (Å²) in [5.41, 5.74) is 5.28. The number of rotatable bonds is 2. The summed E-state index contributed by atoms with van der Waals surface area (Å²) >= 11 is 22.5. The summed E-state index contributed by atoms with van der Waals surface area (Å²) in [7, 11) is 0. The third-order valence-corrected chi connectivity index (χ3v) is 3.77. The molecule has 9 heteroatoms. The number of hydrogen-bond donors (Lipinski definition) is 3. The molecular formula is C15H10Cl3N3O2S. The van der Waals surface area contributed by atoms with Gasteiger partial charge < -0.3 is 0 Å². The zero-order valence-corrected chi connectivity index (χ0v) is 15.0. The van der Waals surface area contributed by atoms with Crippen LogP contribution in [0.3, 0.4) is 0 Å². The molecule has 0 atom stereocenters. The van der Waals surface area contributed by atoms with Crippen LogP contribution in [0.2, 0.25) is 15.1 Å². The molecule has 0 bridgehead atoms. The molecule has 2 aromatic carbocycles. The van der Waals surface area contributed by atoms with Crippen LogP contribution in [-0.4, -0.2) is 16.9 Å². The van der Waals surface area contributed by atoms with E-state index < -0.39 is 11.8 Å². The quantitative estimate of drug-likeness (QED) is 0.530. The van der Waals surface area contributed by atoms with Gasteiger partial charge in [-0.2, -0.15) is 0 Å². The molecular weight excluding hydrogens is 393 g/mol. The molecule has 0 fully saturated rings. The molecule has 2 aromatic rings. The largest absolute Gasteiger partial charge is 0.298 e. The number of carbonyl (C=O) groups excluding carboxylic acids is 2. The average Bonchev–Trinajstić information content (AvgIpc) is 2.52. The number of amides is 2. The van der Waals surface area contributed by atoms with Gasteiger partial charge in [0.15, 0.2) is 5.11 Å². The highest BCUT2D eigenvalue weighted by Gasteiger charge is 2.12. The van der Waals surface area contributed by atoms with Crippen LogP contribution in [0.15, 0.2) is 42.5 Å². The molecule has 0 aliphatic carbocycles. The number of thiocarbonyl (C=S) groups is 1. The second-order valence-electron chi connectivity index (χ2n) is 4.50. The fraction of sp³-hybridized carbons (Fsp3) is 0. The molecule has 2 amide bonds. The van der Waals surface area contributed by atoms with E-state index in [-0.39, 0.29) is 15.7 Å². The van der Waals surface area contributed by atoms with Crippen molar-refractivity contribution < 1.29 is 9.59 Å². The van der Waals surface area contributed by atoms with E-state index in [0.717, 1.165) is 0 Å². The number of carbonyl (C=O) groups is 2. The fourth-order valence-corrected chi connectivity index (χ4v) is 2.52. The molecule has 0 saturated carbocycles. The maximum atomic E-state index is 12.0. The monoisotopic (exact) mass is 401 g/mol. The Morgan fingerprint density at radius 3 is 2.25 bits per heavy atom. The van der Waals surface area contributed by atoms with Crippen molar-refractivity contribution >= 4 is 63.9 Å². The molecule has 5 nitrogen and oxygen atoms in total. The number of benzene rings is 2. The Morgan fingerprint density at radius 1 is 0.875 bits per heavy atom. The van der Waals surface area contributed by atoms with Crippen molar-refractivity contribution in [2.45, 2.75) is 0 Å². The van der Waals surface area contributed by atoms with Crippen LogP contribution in [0.5, 0.6) is 0 Å². The zero-order valence-electron chi connectivity index (χ0n) is 11.9. The lowest BCUT2D eigenvalue weighted by atomic mass is 10.2. The van der Waals surface area contributed by atoms with E-state index in [2.05, 4.69) is 16.2 Å². The summed E-state index contributed by atoms with van der Waals surface area (Å²) in [6.07, 6.45) is 0. The minimum atomic E-state index is -0.531. The third kappa shape index (κ3) is 5.07. The molecule has 0 aromatic heterocycles. The lowest BCUT2D eigenvalue weighted by Gasteiger charge is -2.11. The van der Waals surface area contributed by atoms with Crippen molar-refractivity contribution in [3.8, 4) is 0 Å². The number of hydrogen-bond acceptors (Lipinski definition) is 3. The molecule has 0 radical (unpaired) electrons. The Morgan fingerprint density at radius 2 is 1.58 bits per heavy atom. The number of hydrazine groups is 1. The average molecular weight is 403 g/mol. The smallest absolute Gasteiger partial charge is 0.271 e. The Kier molecular flexibility index (Phi) is 6.39. The fourth-order valence-electron chi connectivity index (χ4n) is 1.69. The summed E-state index contributed by atoms with van der Waals surface area (Å²) in [4.78, 5) is 24.0. The van der Waals surface area contributed by atoms with Crippen LogP contribution in [0.25, 0.3) is 0 Å². The van der Waals surface area contributed by atoms with Crippen LogP contribution < -0.4 is 16.2 Å². The van der Waals surface area contributed by atoms with E-state index in [1.165, 1.54) is 24.3 Å². The minimum Gasteiger partial charge on any atom is -0.298 e. The molecule has 0 heterocycles. The van der Waals surface area contributed by atoms with E-state index >= 15 is 0 Å². The summed E-state index contributed by atoms with van der Waals surface area (Å²) in [5.74, 6) is -0.996. The van der Waals surface area contributed by atoms with Crippen LogP contribution in [0, 0.1) is 0 Å². The highest BCUT2D eigenvalue weighted by Crippen LogP contribution is 2.20. The first-order valence-electron chi connectivity index (χ1n) is 6.49. The molecule has 0 spiro atoms. The third-order valence-electron chi connectivity index (χ3n) is 2.78. The van der Waals surface area contributed by atoms with E-state index in [4.69, 9.17) is 47.0 Å². The summed E-state index contributed by atoms with van der Waals surface area (Å²) in [6.45, 7) is 0. The Balaban J connectivity index is 1.91. The van der Waals surface area contributed by atoms with Gasteiger partial charge in [0.1, 0.15) is 0 Å². The van der Waals surface area contributed by atoms with Gasteiger partial charge in [-0.25, -0.2) is 0 Å². The van der Waals surface area contributed by atoms with Gasteiger partial charge in [0.05, 0.1) is 10.6 Å². The van der Waals surface area contributed by atoms with Gasteiger partial charge in [-0.1, -0.05) is 40.9 Å². The van der Waals surface area contributed by atoms with Crippen LogP contribution in [0.4, 0.5) is 0 Å². The van der Waals surface area contributed by atoms with Gasteiger partial charge in [0, 0.05) is 15.6 Å². The van der Waals surface area contributed by atoms with Gasteiger partial charge in [0.25, 0.3) is 11.8 Å². The van der Waals surface area contributed by atoms with Crippen molar-refractivity contribution in [1.29, 1.82) is 0 Å². The summed E-state index contributed by atoms with van der Waals surface area (Å²) in [5, 5.41) is 3.35. The molecule has 3 N–H and O–H groups in total. The lowest BCUT2D eigenvalue weighted by Crippen LogP contribution is -2.48. The van der Waals surface area contributed by atoms with Crippen molar-refractivity contribution in [3.63, 3.8) is 0 Å². The minimum absolute atomic E-state index is 0.0848. The van der Waals surface area contributed by atoms with Gasteiger partial charge >= 0.3 is 0 Å². The van der Waals surface area contributed by atoms with Crippen LogP contribution in [-0.2, 0) is 0 Å². The van der Waals surface area contributed by atoms with Crippen LogP contribution >= 0.6 is 47.0 Å². The van der Waals surface area contributed by atoms with E-state index in [1.54, 1.807) is 18.2 Å². The normalized spacial score (nSPS) is 9.96. The molecule has 0 unspecified atom stereocenters. The molecule has 2 rings (SSSR count). The van der Waals surface area contributed by atoms with E-state index in [0.29, 0.717) is 15.6 Å². The van der Waals surface area contributed by atoms with Crippen molar-refractivity contribution in [2.24, 2.45) is 0 Å². The zero-order chi connectivity index (χ0) is 17.7. The standard InChI is InChI=1S/C15H10Cl3N3O2S/c16-9-3-1-2-8(6-9)13(22)19-15(24)21-20-14(23)11-5-4-10(17)7-12(11)18/h1-7H,(H,20,23)(H2,19,21,22,24). The summed E-state index contributed by atoms with van der Waals surface area (Å²) < 4.78 is 0. The van der Waals surface area contributed by atoms with Crippen molar-refractivity contribution in [3.05, 3.63) is 68.7 Å². The first kappa shape index (κ1) is 18.5. The van der Waals surface area contributed by atoms with Gasteiger partial charge in [-0.05, 0) is 48.6 Å². The molecule has 0 saturated heterocycles. The second-order valence-corrected chi connectivity index (χ2v) is 6.19. The first-order valence-corrected chi connectivity index (χ1v) is 8.03.